The average molecular weight is 286 g/mol. The molecule has 1 fully saturated rings. The molecule has 0 radical (unpaired) electrons. The monoisotopic (exact) mass is 286 g/mol. The van der Waals surface area contributed by atoms with Crippen LogP contribution in [0.5, 0.6) is 0 Å². The largest absolute Gasteiger partial charge is 0.316 e. The van der Waals surface area contributed by atoms with Gasteiger partial charge >= 0.3 is 0 Å². The highest BCUT2D eigenvalue weighted by Crippen LogP contribution is 2.36. The van der Waals surface area contributed by atoms with E-state index in [0.717, 1.165) is 12.8 Å². The van der Waals surface area contributed by atoms with Crippen molar-refractivity contribution < 1.29 is 8.42 Å². The number of sulfonamides is 1. The highest BCUT2D eigenvalue weighted by molar-refractivity contribution is 7.89. The number of H-pyrrole nitrogens is 1. The second kappa shape index (κ2) is 5.60. The van der Waals surface area contributed by atoms with Gasteiger partial charge in [-0.3, -0.25) is 5.10 Å². The molecule has 0 aromatic carbocycles. The first-order valence-corrected chi connectivity index (χ1v) is 8.12. The van der Waals surface area contributed by atoms with Crippen molar-refractivity contribution in [2.24, 2.45) is 5.41 Å². The molecule has 1 heterocycles. The minimum absolute atomic E-state index is 0.0935. The number of hydrogen-bond acceptors (Lipinski definition) is 4. The van der Waals surface area contributed by atoms with Crippen LogP contribution in [0.2, 0.25) is 0 Å². The van der Waals surface area contributed by atoms with Crippen molar-refractivity contribution in [3.63, 3.8) is 0 Å². The van der Waals surface area contributed by atoms with E-state index in [0.29, 0.717) is 18.7 Å². The Hall–Kier alpha value is -0.920. The van der Waals surface area contributed by atoms with E-state index in [9.17, 15) is 8.42 Å². The Balaban J connectivity index is 2.07. The zero-order valence-electron chi connectivity index (χ0n) is 11.5. The van der Waals surface area contributed by atoms with Crippen LogP contribution in [0.3, 0.4) is 0 Å². The molecule has 0 unspecified atom stereocenters. The summed E-state index contributed by atoms with van der Waals surface area (Å²) in [6.07, 6.45) is 6.09. The first-order valence-electron chi connectivity index (χ1n) is 6.63. The molecule has 108 valence electrons. The highest BCUT2D eigenvalue weighted by atomic mass is 32.2. The SMILES string of the molecule is CNCc1cn[nH]c1S(=O)(=O)NCC1(C)CCCC1. The fraction of sp³-hybridized carbons (Fsp3) is 0.750. The van der Waals surface area contributed by atoms with Crippen LogP contribution in [0.25, 0.3) is 0 Å². The van der Waals surface area contributed by atoms with Gasteiger partial charge in [0.1, 0.15) is 0 Å². The van der Waals surface area contributed by atoms with Crippen LogP contribution < -0.4 is 10.0 Å². The molecule has 0 bridgehead atoms. The number of nitrogens with one attached hydrogen (secondary N) is 3. The van der Waals surface area contributed by atoms with Gasteiger partial charge in [-0.15, -0.1) is 0 Å². The quantitative estimate of drug-likeness (QED) is 0.728. The molecule has 0 aliphatic heterocycles. The van der Waals surface area contributed by atoms with E-state index in [2.05, 4.69) is 27.2 Å². The van der Waals surface area contributed by atoms with Gasteiger partial charge in [-0.2, -0.15) is 5.10 Å². The smallest absolute Gasteiger partial charge is 0.257 e. The summed E-state index contributed by atoms with van der Waals surface area (Å²) in [6.45, 7) is 3.11. The Bertz CT molecular complexity index is 518. The molecular formula is C12H22N4O2S. The molecule has 19 heavy (non-hydrogen) atoms. The summed E-state index contributed by atoms with van der Waals surface area (Å²) in [5, 5.41) is 9.50. The van der Waals surface area contributed by atoms with E-state index >= 15 is 0 Å². The normalized spacial score (nSPS) is 18.8. The standard InChI is InChI=1S/C12H22N4O2S/c1-12(5-3-4-6-12)9-15-19(17,18)11-10(7-13-2)8-14-16-11/h8,13,15H,3-7,9H2,1-2H3,(H,14,16). The lowest BCUT2D eigenvalue weighted by Gasteiger charge is -2.23. The third-order valence-electron chi connectivity index (χ3n) is 3.81. The Morgan fingerprint density at radius 1 is 1.42 bits per heavy atom. The van der Waals surface area contributed by atoms with E-state index in [1.54, 1.807) is 13.2 Å². The maximum Gasteiger partial charge on any atom is 0.257 e. The summed E-state index contributed by atoms with van der Waals surface area (Å²) < 4.78 is 27.3. The zero-order valence-corrected chi connectivity index (χ0v) is 12.3. The van der Waals surface area contributed by atoms with Gasteiger partial charge in [0, 0.05) is 18.7 Å². The number of rotatable bonds is 6. The van der Waals surface area contributed by atoms with Crippen LogP contribution >= 0.6 is 0 Å². The lowest BCUT2D eigenvalue weighted by Crippen LogP contribution is -2.34. The molecule has 2 rings (SSSR count). The van der Waals surface area contributed by atoms with Crippen LogP contribution in [0, 0.1) is 5.41 Å². The van der Waals surface area contributed by atoms with Crippen molar-refractivity contribution in [1.82, 2.24) is 20.2 Å². The van der Waals surface area contributed by atoms with Gasteiger partial charge in [-0.05, 0) is 25.3 Å². The molecule has 0 saturated heterocycles. The summed E-state index contributed by atoms with van der Waals surface area (Å²) >= 11 is 0. The fourth-order valence-corrected chi connectivity index (χ4v) is 3.92. The number of hydrogen-bond donors (Lipinski definition) is 3. The van der Waals surface area contributed by atoms with Gasteiger partial charge in [0.05, 0.1) is 6.20 Å². The van der Waals surface area contributed by atoms with Crippen molar-refractivity contribution >= 4 is 10.0 Å². The molecule has 0 spiro atoms. The third kappa shape index (κ3) is 3.34. The number of nitrogens with zero attached hydrogens (tertiary/aromatic N) is 1. The predicted molar refractivity (Wildman–Crippen MR) is 73.1 cm³/mol. The summed E-state index contributed by atoms with van der Waals surface area (Å²) in [6, 6.07) is 0. The van der Waals surface area contributed by atoms with Crippen LogP contribution in [0.4, 0.5) is 0 Å². The summed E-state index contributed by atoms with van der Waals surface area (Å²) in [5.74, 6) is 0. The number of aromatic nitrogens is 2. The van der Waals surface area contributed by atoms with Crippen LogP contribution in [0.1, 0.15) is 38.2 Å². The fourth-order valence-electron chi connectivity index (χ4n) is 2.60. The molecule has 1 aromatic heterocycles. The van der Waals surface area contributed by atoms with Crippen molar-refractivity contribution in [3.8, 4) is 0 Å². The van der Waals surface area contributed by atoms with Gasteiger partial charge in [-0.1, -0.05) is 19.8 Å². The Labute approximate surface area is 114 Å². The summed E-state index contributed by atoms with van der Waals surface area (Å²) in [7, 11) is -1.73. The van der Waals surface area contributed by atoms with Crippen LogP contribution in [-0.2, 0) is 16.6 Å². The molecular weight excluding hydrogens is 264 g/mol. The van der Waals surface area contributed by atoms with Gasteiger partial charge in [-0.25, -0.2) is 13.1 Å². The van der Waals surface area contributed by atoms with E-state index in [1.165, 1.54) is 12.8 Å². The predicted octanol–water partition coefficient (Wildman–Crippen LogP) is 0.988. The second-order valence-corrected chi connectivity index (χ2v) is 7.30. The van der Waals surface area contributed by atoms with Crippen LogP contribution in [-0.4, -0.2) is 32.2 Å². The average Bonchev–Trinajstić information content (AvgIpc) is 2.98. The van der Waals surface area contributed by atoms with Crippen LogP contribution in [0.15, 0.2) is 11.2 Å². The van der Waals surface area contributed by atoms with Crippen molar-refractivity contribution in [2.45, 2.75) is 44.2 Å². The van der Waals surface area contributed by atoms with Crippen molar-refractivity contribution in [3.05, 3.63) is 11.8 Å². The number of aromatic amines is 1. The van der Waals surface area contributed by atoms with E-state index in [4.69, 9.17) is 0 Å². The second-order valence-electron chi connectivity index (χ2n) is 5.60. The first kappa shape index (κ1) is 14.5. The molecule has 7 heteroatoms. The molecule has 0 atom stereocenters. The molecule has 1 aromatic rings. The zero-order chi connectivity index (χ0) is 13.9. The Morgan fingerprint density at radius 3 is 2.74 bits per heavy atom. The lowest BCUT2D eigenvalue weighted by molar-refractivity contribution is 0.336. The summed E-state index contributed by atoms with van der Waals surface area (Å²) in [5.41, 5.74) is 0.752. The molecule has 3 N–H and O–H groups in total. The lowest BCUT2D eigenvalue weighted by atomic mass is 9.89. The molecule has 1 aliphatic rings. The molecule has 1 saturated carbocycles. The van der Waals surface area contributed by atoms with Gasteiger partial charge in [0.2, 0.25) is 0 Å². The molecule has 0 amide bonds. The van der Waals surface area contributed by atoms with Gasteiger partial charge in [0.25, 0.3) is 10.0 Å². The topological polar surface area (TPSA) is 86.9 Å². The first-order chi connectivity index (χ1) is 8.97. The van der Waals surface area contributed by atoms with Crippen molar-refractivity contribution in [2.75, 3.05) is 13.6 Å². The third-order valence-corrected chi connectivity index (χ3v) is 5.23. The van der Waals surface area contributed by atoms with E-state index in [-0.39, 0.29) is 10.4 Å². The highest BCUT2D eigenvalue weighted by Gasteiger charge is 2.31. The van der Waals surface area contributed by atoms with Crippen molar-refractivity contribution in [1.29, 1.82) is 0 Å². The Kier molecular flexibility index (Phi) is 4.27. The van der Waals surface area contributed by atoms with E-state index < -0.39 is 10.0 Å². The van der Waals surface area contributed by atoms with Gasteiger partial charge < -0.3 is 5.32 Å². The van der Waals surface area contributed by atoms with E-state index in [1.807, 2.05) is 0 Å². The molecule has 6 nitrogen and oxygen atoms in total. The minimum Gasteiger partial charge on any atom is -0.316 e. The van der Waals surface area contributed by atoms with Gasteiger partial charge in [0.15, 0.2) is 5.03 Å². The Morgan fingerprint density at radius 2 is 2.11 bits per heavy atom. The maximum absolute atomic E-state index is 12.3. The maximum atomic E-state index is 12.3. The summed E-state index contributed by atoms with van der Waals surface area (Å²) in [4.78, 5) is 0. The molecule has 1 aliphatic carbocycles. The minimum atomic E-state index is -3.50.